The molecule has 29 heavy (non-hydrogen) atoms. The summed E-state index contributed by atoms with van der Waals surface area (Å²) in [5.41, 5.74) is 0.350. The van der Waals surface area contributed by atoms with Gasteiger partial charge in [-0.3, -0.25) is 14.7 Å². The molecule has 10 heteroatoms. The zero-order valence-electron chi connectivity index (χ0n) is 16.3. The maximum Gasteiger partial charge on any atom is 0.335 e. The Labute approximate surface area is 167 Å². The minimum Gasteiger partial charge on any atom is -0.478 e. The molecule has 0 radical (unpaired) electrons. The molecule has 1 fully saturated rings. The highest BCUT2D eigenvalue weighted by Gasteiger charge is 2.33. The van der Waals surface area contributed by atoms with E-state index in [9.17, 15) is 14.4 Å². The van der Waals surface area contributed by atoms with Crippen LogP contribution in [0, 0.1) is 6.92 Å². The molecule has 2 aromatic rings. The van der Waals surface area contributed by atoms with Gasteiger partial charge in [-0.1, -0.05) is 6.07 Å². The van der Waals surface area contributed by atoms with Gasteiger partial charge >= 0.3 is 5.97 Å². The van der Waals surface area contributed by atoms with E-state index in [1.54, 1.807) is 28.9 Å². The number of nitrogens with zero attached hydrogens (tertiary/aromatic N) is 4. The van der Waals surface area contributed by atoms with Crippen LogP contribution in [0.5, 0.6) is 0 Å². The van der Waals surface area contributed by atoms with Crippen LogP contribution in [0.1, 0.15) is 44.8 Å². The first kappa shape index (κ1) is 20.5. The summed E-state index contributed by atoms with van der Waals surface area (Å²) in [7, 11) is 1.45. The number of ether oxygens (including phenoxy) is 1. The van der Waals surface area contributed by atoms with E-state index in [0.717, 1.165) is 0 Å². The second kappa shape index (κ2) is 8.82. The number of carbonyl (C=O) groups excluding carboxylic acids is 2. The number of methoxy groups -OCH3 is 1. The topological polar surface area (TPSA) is 129 Å². The summed E-state index contributed by atoms with van der Waals surface area (Å²) >= 11 is 0. The highest BCUT2D eigenvalue weighted by molar-refractivity contribution is 5.97. The van der Waals surface area contributed by atoms with Crippen molar-refractivity contribution >= 4 is 17.8 Å². The fourth-order valence-corrected chi connectivity index (χ4v) is 3.38. The number of aromatic carboxylic acids is 1. The van der Waals surface area contributed by atoms with Crippen LogP contribution in [-0.2, 0) is 9.53 Å². The number of amides is 2. The van der Waals surface area contributed by atoms with Crippen LogP contribution in [0.25, 0.3) is 0 Å². The number of nitrogens with one attached hydrogen (secondary N) is 1. The molecule has 1 saturated heterocycles. The summed E-state index contributed by atoms with van der Waals surface area (Å²) in [6.45, 7) is 2.69. The number of H-pyrrole nitrogens is 1. The molecular formula is C19H23N5O5. The highest BCUT2D eigenvalue weighted by Crippen LogP contribution is 2.25. The number of hydrogen-bond acceptors (Lipinski definition) is 6. The lowest BCUT2D eigenvalue weighted by Gasteiger charge is -2.27. The van der Waals surface area contributed by atoms with Gasteiger partial charge in [0.25, 0.3) is 5.91 Å². The van der Waals surface area contributed by atoms with Gasteiger partial charge in [-0.2, -0.15) is 5.10 Å². The molecule has 0 aliphatic carbocycles. The zero-order chi connectivity index (χ0) is 21.0. The molecule has 154 valence electrons. The molecule has 0 spiro atoms. The Bertz CT molecular complexity index is 912. The molecule has 10 nitrogen and oxygen atoms in total. The van der Waals surface area contributed by atoms with Gasteiger partial charge < -0.3 is 19.6 Å². The van der Waals surface area contributed by atoms with Crippen LogP contribution in [0.4, 0.5) is 0 Å². The number of rotatable bonds is 5. The van der Waals surface area contributed by atoms with Crippen LogP contribution in [0.3, 0.4) is 0 Å². The molecule has 1 aliphatic heterocycles. The molecule has 1 unspecified atom stereocenters. The largest absolute Gasteiger partial charge is 0.478 e. The summed E-state index contributed by atoms with van der Waals surface area (Å²) in [5.74, 6) is -0.441. The van der Waals surface area contributed by atoms with Crippen molar-refractivity contribution in [3.05, 3.63) is 47.0 Å². The van der Waals surface area contributed by atoms with Crippen molar-refractivity contribution in [2.45, 2.75) is 19.4 Å². The van der Waals surface area contributed by atoms with Crippen molar-refractivity contribution in [3.8, 4) is 0 Å². The number of aromatic nitrogens is 3. The summed E-state index contributed by atoms with van der Waals surface area (Å²) in [6.07, 6.45) is 0.455. The van der Waals surface area contributed by atoms with Crippen molar-refractivity contribution in [1.82, 2.24) is 25.0 Å². The quantitative estimate of drug-likeness (QED) is 0.761. The van der Waals surface area contributed by atoms with Gasteiger partial charge in [0.05, 0.1) is 11.6 Å². The minimum atomic E-state index is -1.09. The molecule has 1 aromatic heterocycles. The number of carboxylic acid groups (broad SMARTS) is 1. The third-order valence-corrected chi connectivity index (χ3v) is 4.80. The lowest BCUT2D eigenvalue weighted by molar-refractivity contribution is -0.137. The Morgan fingerprint density at radius 1 is 1.24 bits per heavy atom. The third kappa shape index (κ3) is 4.60. The van der Waals surface area contributed by atoms with Crippen molar-refractivity contribution in [1.29, 1.82) is 0 Å². The van der Waals surface area contributed by atoms with Crippen LogP contribution in [-0.4, -0.2) is 81.2 Å². The molecule has 2 N–H and O–H groups in total. The maximum atomic E-state index is 12.9. The summed E-state index contributed by atoms with van der Waals surface area (Å²) in [6, 6.07) is 5.55. The molecule has 1 aliphatic rings. The van der Waals surface area contributed by atoms with Gasteiger partial charge in [-0.25, -0.2) is 9.78 Å². The Balaban J connectivity index is 1.82. The Hall–Kier alpha value is -3.27. The molecule has 0 saturated carbocycles. The second-order valence-corrected chi connectivity index (χ2v) is 6.78. The smallest absolute Gasteiger partial charge is 0.335 e. The number of aryl methyl sites for hydroxylation is 1. The van der Waals surface area contributed by atoms with E-state index in [-0.39, 0.29) is 30.0 Å². The van der Waals surface area contributed by atoms with Crippen molar-refractivity contribution in [2.24, 2.45) is 0 Å². The maximum absolute atomic E-state index is 12.9. The first-order valence-corrected chi connectivity index (χ1v) is 9.20. The van der Waals surface area contributed by atoms with E-state index in [1.807, 2.05) is 0 Å². The molecule has 2 amide bonds. The molecule has 2 heterocycles. The summed E-state index contributed by atoms with van der Waals surface area (Å²) < 4.78 is 4.99. The Morgan fingerprint density at radius 3 is 2.66 bits per heavy atom. The number of aromatic amines is 1. The Morgan fingerprint density at radius 2 is 2.00 bits per heavy atom. The van der Waals surface area contributed by atoms with E-state index in [4.69, 9.17) is 9.84 Å². The van der Waals surface area contributed by atoms with E-state index >= 15 is 0 Å². The van der Waals surface area contributed by atoms with Crippen molar-refractivity contribution in [2.75, 3.05) is 33.4 Å². The lowest BCUT2D eigenvalue weighted by atomic mass is 10.1. The lowest BCUT2D eigenvalue weighted by Crippen LogP contribution is -2.40. The molecule has 1 atom stereocenters. The normalized spacial score (nSPS) is 17.1. The van der Waals surface area contributed by atoms with Crippen LogP contribution >= 0.6 is 0 Å². The average Bonchev–Trinajstić information content (AvgIpc) is 3.01. The van der Waals surface area contributed by atoms with Gasteiger partial charge in [-0.05, 0) is 31.5 Å². The van der Waals surface area contributed by atoms with Crippen molar-refractivity contribution in [3.63, 3.8) is 0 Å². The fraction of sp³-hybridized carbons (Fsp3) is 0.421. The number of carboxylic acids is 1. The van der Waals surface area contributed by atoms with Gasteiger partial charge in [0.15, 0.2) is 5.82 Å². The summed E-state index contributed by atoms with van der Waals surface area (Å²) in [4.78, 5) is 44.3. The second-order valence-electron chi connectivity index (χ2n) is 6.78. The molecule has 3 rings (SSSR count). The molecule has 0 bridgehead atoms. The van der Waals surface area contributed by atoms with Gasteiger partial charge in [-0.15, -0.1) is 0 Å². The van der Waals surface area contributed by atoms with E-state index in [1.165, 1.54) is 19.2 Å². The van der Waals surface area contributed by atoms with E-state index in [0.29, 0.717) is 43.3 Å². The standard InChI is InChI=1S/C19H23N5O5/c1-12-20-17(22-21-12)15-6-7-23(8-9-24(15)16(25)11-29-2)18(26)13-4-3-5-14(10-13)19(27)28/h3-5,10,15H,6-9,11H2,1-2H3,(H,27,28)(H,20,21,22). The first-order chi connectivity index (χ1) is 13.9. The summed E-state index contributed by atoms with van der Waals surface area (Å²) in [5, 5.41) is 16.1. The predicted octanol–water partition coefficient (Wildman–Crippen LogP) is 0.874. The highest BCUT2D eigenvalue weighted by atomic mass is 16.5. The van der Waals surface area contributed by atoms with Crippen LogP contribution < -0.4 is 0 Å². The van der Waals surface area contributed by atoms with Crippen molar-refractivity contribution < 1.29 is 24.2 Å². The minimum absolute atomic E-state index is 0.0524. The number of benzene rings is 1. The number of hydrogen-bond donors (Lipinski definition) is 2. The first-order valence-electron chi connectivity index (χ1n) is 9.20. The van der Waals surface area contributed by atoms with E-state index < -0.39 is 5.97 Å². The molecular weight excluding hydrogens is 378 g/mol. The Kier molecular flexibility index (Phi) is 6.23. The average molecular weight is 401 g/mol. The number of carbonyl (C=O) groups is 3. The van der Waals surface area contributed by atoms with Gasteiger partial charge in [0.1, 0.15) is 12.4 Å². The fourth-order valence-electron chi connectivity index (χ4n) is 3.38. The molecule has 1 aromatic carbocycles. The van der Waals surface area contributed by atoms with E-state index in [2.05, 4.69) is 15.2 Å². The third-order valence-electron chi connectivity index (χ3n) is 4.80. The van der Waals surface area contributed by atoms with Gasteiger partial charge in [0.2, 0.25) is 5.91 Å². The zero-order valence-corrected chi connectivity index (χ0v) is 16.3. The van der Waals surface area contributed by atoms with Crippen LogP contribution in [0.15, 0.2) is 24.3 Å². The SMILES string of the molecule is COCC(=O)N1CCN(C(=O)c2cccc(C(=O)O)c2)CCC1c1n[nH]c(C)n1. The predicted molar refractivity (Wildman–Crippen MR) is 101 cm³/mol. The van der Waals surface area contributed by atoms with Gasteiger partial charge in [0, 0.05) is 32.3 Å². The van der Waals surface area contributed by atoms with Crippen LogP contribution in [0.2, 0.25) is 0 Å². The monoisotopic (exact) mass is 401 g/mol.